The largest absolute Gasteiger partial charge is 0.324 e. The van der Waals surface area contributed by atoms with Crippen LogP contribution < -0.4 is 5.73 Å². The van der Waals surface area contributed by atoms with Crippen LogP contribution in [0.4, 0.5) is 4.39 Å². The topological polar surface area (TPSA) is 43.8 Å². The molecule has 0 radical (unpaired) electrons. The van der Waals surface area contributed by atoms with E-state index in [0.717, 1.165) is 42.6 Å². The average Bonchev–Trinajstić information content (AvgIpc) is 2.70. The van der Waals surface area contributed by atoms with Gasteiger partial charge in [0.1, 0.15) is 5.82 Å². The average molecular weight is 245 g/mol. The Bertz CT molecular complexity index is 562. The number of fused-ring (bicyclic) bond motifs is 1. The zero-order chi connectivity index (χ0) is 12.5. The van der Waals surface area contributed by atoms with Gasteiger partial charge in [-0.25, -0.2) is 9.07 Å². The molecule has 1 unspecified atom stereocenters. The predicted molar refractivity (Wildman–Crippen MR) is 68.0 cm³/mol. The van der Waals surface area contributed by atoms with Gasteiger partial charge in [-0.15, -0.1) is 0 Å². The standard InChI is InChI=1S/C14H16FN3/c15-10-4-3-5-11(8-10)18-14-7-2-1-6-13(16)12(14)9-17-18/h3-5,8-9,13H,1-2,6-7,16H2. The Morgan fingerprint density at radius 2 is 2.22 bits per heavy atom. The Kier molecular flexibility index (Phi) is 2.88. The van der Waals surface area contributed by atoms with E-state index in [-0.39, 0.29) is 11.9 Å². The van der Waals surface area contributed by atoms with Crippen LogP contribution in [0.3, 0.4) is 0 Å². The highest BCUT2D eigenvalue weighted by atomic mass is 19.1. The molecule has 18 heavy (non-hydrogen) atoms. The molecule has 0 bridgehead atoms. The molecule has 1 aliphatic carbocycles. The number of hydrogen-bond acceptors (Lipinski definition) is 2. The van der Waals surface area contributed by atoms with Gasteiger partial charge in [0.2, 0.25) is 0 Å². The van der Waals surface area contributed by atoms with Crippen LogP contribution in [0, 0.1) is 5.82 Å². The van der Waals surface area contributed by atoms with E-state index in [4.69, 9.17) is 5.73 Å². The van der Waals surface area contributed by atoms with Crippen molar-refractivity contribution in [3.8, 4) is 5.69 Å². The van der Waals surface area contributed by atoms with Gasteiger partial charge >= 0.3 is 0 Å². The maximum Gasteiger partial charge on any atom is 0.125 e. The highest BCUT2D eigenvalue weighted by Crippen LogP contribution is 2.28. The monoisotopic (exact) mass is 245 g/mol. The fourth-order valence-corrected chi connectivity index (χ4v) is 2.59. The lowest BCUT2D eigenvalue weighted by molar-refractivity contribution is 0.610. The number of benzene rings is 1. The van der Waals surface area contributed by atoms with Gasteiger partial charge in [-0.05, 0) is 37.5 Å². The first kappa shape index (κ1) is 11.4. The molecule has 1 aromatic heterocycles. The highest BCUT2D eigenvalue weighted by Gasteiger charge is 2.20. The Morgan fingerprint density at radius 1 is 1.33 bits per heavy atom. The summed E-state index contributed by atoms with van der Waals surface area (Å²) >= 11 is 0. The van der Waals surface area contributed by atoms with Gasteiger partial charge in [-0.2, -0.15) is 5.10 Å². The first-order valence-electron chi connectivity index (χ1n) is 6.34. The Labute approximate surface area is 105 Å². The smallest absolute Gasteiger partial charge is 0.125 e. The third-order valence-corrected chi connectivity index (χ3v) is 3.53. The molecule has 0 fully saturated rings. The van der Waals surface area contributed by atoms with Crippen molar-refractivity contribution in [3.63, 3.8) is 0 Å². The lowest BCUT2D eigenvalue weighted by atomic mass is 10.1. The van der Waals surface area contributed by atoms with Crippen LogP contribution in [0.2, 0.25) is 0 Å². The molecule has 0 spiro atoms. The number of halogens is 1. The number of nitrogens with zero attached hydrogens (tertiary/aromatic N) is 2. The van der Waals surface area contributed by atoms with Crippen molar-refractivity contribution in [3.05, 3.63) is 47.5 Å². The molecule has 0 saturated carbocycles. The molecule has 3 rings (SSSR count). The van der Waals surface area contributed by atoms with Gasteiger partial charge in [-0.3, -0.25) is 0 Å². The summed E-state index contributed by atoms with van der Waals surface area (Å²) in [6, 6.07) is 6.58. The van der Waals surface area contributed by atoms with Crippen molar-refractivity contribution in [1.82, 2.24) is 9.78 Å². The van der Waals surface area contributed by atoms with Crippen LogP contribution in [-0.2, 0) is 6.42 Å². The van der Waals surface area contributed by atoms with Gasteiger partial charge in [-0.1, -0.05) is 12.5 Å². The molecule has 1 heterocycles. The van der Waals surface area contributed by atoms with E-state index in [0.29, 0.717) is 0 Å². The van der Waals surface area contributed by atoms with E-state index in [2.05, 4.69) is 5.10 Å². The lowest BCUT2D eigenvalue weighted by Crippen LogP contribution is -2.10. The molecule has 2 aromatic rings. The quantitative estimate of drug-likeness (QED) is 0.785. The molecule has 4 heteroatoms. The molecule has 3 nitrogen and oxygen atoms in total. The van der Waals surface area contributed by atoms with E-state index in [1.807, 2.05) is 16.9 Å². The van der Waals surface area contributed by atoms with Gasteiger partial charge in [0.25, 0.3) is 0 Å². The minimum Gasteiger partial charge on any atom is -0.324 e. The van der Waals surface area contributed by atoms with Crippen LogP contribution in [0.15, 0.2) is 30.5 Å². The maximum atomic E-state index is 13.3. The summed E-state index contributed by atoms with van der Waals surface area (Å²) in [6.45, 7) is 0. The molecule has 1 aliphatic rings. The molecular formula is C14H16FN3. The Hall–Kier alpha value is -1.68. The normalized spacial score (nSPS) is 19.3. The maximum absolute atomic E-state index is 13.3. The van der Waals surface area contributed by atoms with Gasteiger partial charge in [0.05, 0.1) is 11.9 Å². The third kappa shape index (κ3) is 1.93. The van der Waals surface area contributed by atoms with Gasteiger partial charge in [0.15, 0.2) is 0 Å². The summed E-state index contributed by atoms with van der Waals surface area (Å²) in [5, 5.41) is 4.37. The van der Waals surface area contributed by atoms with Crippen LogP contribution in [0.5, 0.6) is 0 Å². The minimum atomic E-state index is -0.241. The predicted octanol–water partition coefficient (Wildman–Crippen LogP) is 2.74. The van der Waals surface area contributed by atoms with Crippen molar-refractivity contribution in [2.75, 3.05) is 0 Å². The highest BCUT2D eigenvalue weighted by molar-refractivity contribution is 5.36. The number of aromatic nitrogens is 2. The minimum absolute atomic E-state index is 0.0600. The summed E-state index contributed by atoms with van der Waals surface area (Å²) < 4.78 is 15.1. The van der Waals surface area contributed by atoms with E-state index in [1.54, 1.807) is 6.07 Å². The van der Waals surface area contributed by atoms with Crippen LogP contribution in [0.1, 0.15) is 36.6 Å². The second-order valence-electron chi connectivity index (χ2n) is 4.79. The van der Waals surface area contributed by atoms with Crippen molar-refractivity contribution in [2.24, 2.45) is 5.73 Å². The molecule has 1 atom stereocenters. The first-order chi connectivity index (χ1) is 8.75. The molecule has 0 amide bonds. The molecular weight excluding hydrogens is 229 g/mol. The Balaban J connectivity index is 2.09. The van der Waals surface area contributed by atoms with Crippen molar-refractivity contribution in [1.29, 1.82) is 0 Å². The molecule has 1 aromatic carbocycles. The van der Waals surface area contributed by atoms with Gasteiger partial charge in [0, 0.05) is 17.3 Å². The fraction of sp³-hybridized carbons (Fsp3) is 0.357. The van der Waals surface area contributed by atoms with Crippen molar-refractivity contribution < 1.29 is 4.39 Å². The summed E-state index contributed by atoms with van der Waals surface area (Å²) in [5.41, 5.74) is 9.15. The zero-order valence-electron chi connectivity index (χ0n) is 10.1. The number of hydrogen-bond donors (Lipinski definition) is 1. The zero-order valence-corrected chi connectivity index (χ0v) is 10.1. The van der Waals surface area contributed by atoms with Crippen LogP contribution >= 0.6 is 0 Å². The summed E-state index contributed by atoms with van der Waals surface area (Å²) in [5.74, 6) is -0.241. The summed E-state index contributed by atoms with van der Waals surface area (Å²) in [7, 11) is 0. The second kappa shape index (κ2) is 4.53. The number of rotatable bonds is 1. The SMILES string of the molecule is NC1CCCCc2c1cnn2-c1cccc(F)c1. The van der Waals surface area contributed by atoms with E-state index >= 15 is 0 Å². The Morgan fingerprint density at radius 3 is 3.06 bits per heavy atom. The van der Waals surface area contributed by atoms with E-state index in [1.165, 1.54) is 12.1 Å². The van der Waals surface area contributed by atoms with Crippen molar-refractivity contribution >= 4 is 0 Å². The molecule has 0 saturated heterocycles. The van der Waals surface area contributed by atoms with Crippen molar-refractivity contribution in [2.45, 2.75) is 31.7 Å². The summed E-state index contributed by atoms with van der Waals surface area (Å²) in [4.78, 5) is 0. The van der Waals surface area contributed by atoms with E-state index in [9.17, 15) is 4.39 Å². The second-order valence-corrected chi connectivity index (χ2v) is 4.79. The molecule has 0 aliphatic heterocycles. The van der Waals surface area contributed by atoms with E-state index < -0.39 is 0 Å². The van der Waals surface area contributed by atoms with Crippen LogP contribution in [-0.4, -0.2) is 9.78 Å². The first-order valence-corrected chi connectivity index (χ1v) is 6.34. The molecule has 94 valence electrons. The number of nitrogens with two attached hydrogens (primary N) is 1. The van der Waals surface area contributed by atoms with Gasteiger partial charge < -0.3 is 5.73 Å². The molecule has 2 N–H and O–H groups in total. The summed E-state index contributed by atoms with van der Waals surface area (Å²) in [6.07, 6.45) is 6.04. The fourth-order valence-electron chi connectivity index (χ4n) is 2.59. The third-order valence-electron chi connectivity index (χ3n) is 3.53. The van der Waals surface area contributed by atoms with Crippen LogP contribution in [0.25, 0.3) is 5.69 Å². The lowest BCUT2D eigenvalue weighted by Gasteiger charge is -2.09.